The van der Waals surface area contributed by atoms with Gasteiger partial charge in [0.25, 0.3) is 0 Å². The van der Waals surface area contributed by atoms with Gasteiger partial charge in [-0.3, -0.25) is 0 Å². The Labute approximate surface area is 123 Å². The zero-order valence-corrected chi connectivity index (χ0v) is 12.5. The monoisotopic (exact) mass is 309 g/mol. The van der Waals surface area contributed by atoms with E-state index in [1.165, 1.54) is 19.2 Å². The van der Waals surface area contributed by atoms with Crippen LogP contribution >= 0.6 is 0 Å². The lowest BCUT2D eigenvalue weighted by Gasteiger charge is -2.15. The van der Waals surface area contributed by atoms with E-state index in [-0.39, 0.29) is 10.6 Å². The van der Waals surface area contributed by atoms with E-state index in [1.807, 2.05) is 30.3 Å². The SMILES string of the molecule is COc1ccc(S(=O)(=O)N[C@@H](C)c2ccccc2)cc1F. The highest BCUT2D eigenvalue weighted by Crippen LogP contribution is 2.22. The van der Waals surface area contributed by atoms with Crippen molar-refractivity contribution in [3.8, 4) is 5.75 Å². The van der Waals surface area contributed by atoms with Crippen molar-refractivity contribution in [2.75, 3.05) is 7.11 Å². The van der Waals surface area contributed by atoms with Gasteiger partial charge in [0.1, 0.15) is 0 Å². The van der Waals surface area contributed by atoms with Gasteiger partial charge < -0.3 is 4.74 Å². The summed E-state index contributed by atoms with van der Waals surface area (Å²) in [5.74, 6) is -0.710. The van der Waals surface area contributed by atoms with Gasteiger partial charge in [0, 0.05) is 6.04 Å². The average molecular weight is 309 g/mol. The molecule has 0 bridgehead atoms. The van der Waals surface area contributed by atoms with Crippen LogP contribution in [0.4, 0.5) is 4.39 Å². The standard InChI is InChI=1S/C15H16FNO3S/c1-11(12-6-4-3-5-7-12)17-21(18,19)13-8-9-15(20-2)14(16)10-13/h3-11,17H,1-2H3/t11-/m0/s1. The summed E-state index contributed by atoms with van der Waals surface area (Å²) in [7, 11) is -2.48. The smallest absolute Gasteiger partial charge is 0.241 e. The second kappa shape index (κ2) is 6.24. The highest BCUT2D eigenvalue weighted by Gasteiger charge is 2.19. The summed E-state index contributed by atoms with van der Waals surface area (Å²) in [6.45, 7) is 1.73. The van der Waals surface area contributed by atoms with Crippen LogP contribution in [0.3, 0.4) is 0 Å². The molecule has 0 saturated carbocycles. The number of benzene rings is 2. The van der Waals surface area contributed by atoms with Gasteiger partial charge in [0.15, 0.2) is 11.6 Å². The molecule has 1 N–H and O–H groups in total. The second-order valence-electron chi connectivity index (χ2n) is 4.55. The molecule has 0 aliphatic heterocycles. The average Bonchev–Trinajstić information content (AvgIpc) is 2.47. The molecule has 0 radical (unpaired) electrons. The third-order valence-electron chi connectivity index (χ3n) is 3.07. The summed E-state index contributed by atoms with van der Waals surface area (Å²) in [5, 5.41) is 0. The predicted molar refractivity (Wildman–Crippen MR) is 78.1 cm³/mol. The van der Waals surface area contributed by atoms with Crippen molar-refractivity contribution in [3.63, 3.8) is 0 Å². The first-order valence-electron chi connectivity index (χ1n) is 6.35. The van der Waals surface area contributed by atoms with E-state index in [9.17, 15) is 12.8 Å². The van der Waals surface area contributed by atoms with Crippen LogP contribution in [0.15, 0.2) is 53.4 Å². The molecule has 0 aromatic heterocycles. The molecular formula is C15H16FNO3S. The molecule has 2 aromatic carbocycles. The first-order valence-corrected chi connectivity index (χ1v) is 7.83. The van der Waals surface area contributed by atoms with Crippen molar-refractivity contribution < 1.29 is 17.5 Å². The highest BCUT2D eigenvalue weighted by molar-refractivity contribution is 7.89. The molecule has 0 aliphatic rings. The van der Waals surface area contributed by atoms with Crippen LogP contribution < -0.4 is 9.46 Å². The van der Waals surface area contributed by atoms with Crippen LogP contribution in [0.5, 0.6) is 5.75 Å². The van der Waals surface area contributed by atoms with Crippen LogP contribution in [-0.2, 0) is 10.0 Å². The summed E-state index contributed by atoms with van der Waals surface area (Å²) < 4.78 is 45.4. The quantitative estimate of drug-likeness (QED) is 0.924. The molecule has 0 spiro atoms. The maximum atomic E-state index is 13.6. The Morgan fingerprint density at radius 1 is 1.14 bits per heavy atom. The van der Waals surface area contributed by atoms with Crippen molar-refractivity contribution in [3.05, 3.63) is 59.9 Å². The van der Waals surface area contributed by atoms with Crippen LogP contribution in [0.2, 0.25) is 0 Å². The highest BCUT2D eigenvalue weighted by atomic mass is 32.2. The molecule has 6 heteroatoms. The van der Waals surface area contributed by atoms with Crippen LogP contribution in [0, 0.1) is 5.82 Å². The normalized spacial score (nSPS) is 12.9. The van der Waals surface area contributed by atoms with Gasteiger partial charge in [-0.05, 0) is 30.7 Å². The Bertz CT molecular complexity index is 717. The van der Waals surface area contributed by atoms with Crippen LogP contribution in [0.1, 0.15) is 18.5 Å². The minimum absolute atomic E-state index is 0.00468. The second-order valence-corrected chi connectivity index (χ2v) is 6.26. The fourth-order valence-electron chi connectivity index (χ4n) is 1.92. The minimum atomic E-state index is -3.80. The van der Waals surface area contributed by atoms with E-state index in [4.69, 9.17) is 4.74 Å². The Hall–Kier alpha value is -1.92. The predicted octanol–water partition coefficient (Wildman–Crippen LogP) is 2.87. The first kappa shape index (κ1) is 15.5. The molecule has 112 valence electrons. The molecule has 0 amide bonds. The minimum Gasteiger partial charge on any atom is -0.494 e. The van der Waals surface area contributed by atoms with Gasteiger partial charge in [0.05, 0.1) is 12.0 Å². The molecule has 0 saturated heterocycles. The van der Waals surface area contributed by atoms with Gasteiger partial charge >= 0.3 is 0 Å². The van der Waals surface area contributed by atoms with Crippen molar-refractivity contribution in [1.29, 1.82) is 0 Å². The maximum Gasteiger partial charge on any atom is 0.241 e. The number of halogens is 1. The van der Waals surface area contributed by atoms with E-state index >= 15 is 0 Å². The number of methoxy groups -OCH3 is 1. The van der Waals surface area contributed by atoms with Crippen molar-refractivity contribution in [1.82, 2.24) is 4.72 Å². The van der Waals surface area contributed by atoms with Crippen LogP contribution in [-0.4, -0.2) is 15.5 Å². The zero-order chi connectivity index (χ0) is 15.5. The Balaban J connectivity index is 2.24. The number of nitrogens with one attached hydrogen (secondary N) is 1. The largest absolute Gasteiger partial charge is 0.494 e. The van der Waals surface area contributed by atoms with Crippen molar-refractivity contribution in [2.45, 2.75) is 17.9 Å². The number of hydrogen-bond acceptors (Lipinski definition) is 3. The lowest BCUT2D eigenvalue weighted by molar-refractivity contribution is 0.385. The maximum absolute atomic E-state index is 13.6. The van der Waals surface area contributed by atoms with Crippen molar-refractivity contribution >= 4 is 10.0 Å². The Morgan fingerprint density at radius 3 is 2.38 bits per heavy atom. The molecule has 1 atom stereocenters. The molecule has 0 aliphatic carbocycles. The van der Waals surface area contributed by atoms with Gasteiger partial charge in [-0.25, -0.2) is 17.5 Å². The summed E-state index contributed by atoms with van der Waals surface area (Å²) in [4.78, 5) is -0.136. The summed E-state index contributed by atoms with van der Waals surface area (Å²) in [5.41, 5.74) is 0.829. The lowest BCUT2D eigenvalue weighted by atomic mass is 10.1. The van der Waals surface area contributed by atoms with E-state index < -0.39 is 21.9 Å². The van der Waals surface area contributed by atoms with Gasteiger partial charge in [-0.2, -0.15) is 0 Å². The molecule has 4 nitrogen and oxygen atoms in total. The fraction of sp³-hybridized carbons (Fsp3) is 0.200. The van der Waals surface area contributed by atoms with E-state index in [0.29, 0.717) is 0 Å². The Morgan fingerprint density at radius 2 is 1.81 bits per heavy atom. The van der Waals surface area contributed by atoms with Gasteiger partial charge in [-0.15, -0.1) is 0 Å². The topological polar surface area (TPSA) is 55.4 Å². The van der Waals surface area contributed by atoms with Gasteiger partial charge in [-0.1, -0.05) is 30.3 Å². The van der Waals surface area contributed by atoms with Crippen molar-refractivity contribution in [2.24, 2.45) is 0 Å². The molecule has 0 heterocycles. The molecule has 2 aromatic rings. The fourth-order valence-corrected chi connectivity index (χ4v) is 3.17. The Kier molecular flexibility index (Phi) is 4.59. The summed E-state index contributed by atoms with van der Waals surface area (Å²) in [6.07, 6.45) is 0. The molecule has 21 heavy (non-hydrogen) atoms. The lowest BCUT2D eigenvalue weighted by Crippen LogP contribution is -2.27. The van der Waals surface area contributed by atoms with E-state index in [1.54, 1.807) is 6.92 Å². The third-order valence-corrected chi connectivity index (χ3v) is 4.60. The molecule has 2 rings (SSSR count). The summed E-state index contributed by atoms with van der Waals surface area (Å²) in [6, 6.07) is 12.3. The molecule has 0 fully saturated rings. The number of sulfonamides is 1. The van der Waals surface area contributed by atoms with E-state index in [2.05, 4.69) is 4.72 Å². The molecular weight excluding hydrogens is 293 g/mol. The zero-order valence-electron chi connectivity index (χ0n) is 11.7. The number of ether oxygens (including phenoxy) is 1. The number of hydrogen-bond donors (Lipinski definition) is 1. The first-order chi connectivity index (χ1) is 9.94. The third kappa shape index (κ3) is 3.59. The van der Waals surface area contributed by atoms with Gasteiger partial charge in [0.2, 0.25) is 10.0 Å². The molecule has 0 unspecified atom stereocenters. The summed E-state index contributed by atoms with van der Waals surface area (Å²) >= 11 is 0. The number of rotatable bonds is 5. The van der Waals surface area contributed by atoms with E-state index in [0.717, 1.165) is 11.6 Å². The van der Waals surface area contributed by atoms with Crippen LogP contribution in [0.25, 0.3) is 0 Å².